The third-order valence-corrected chi connectivity index (χ3v) is 3.35. The number of halogens is 5. The van der Waals surface area contributed by atoms with E-state index in [0.717, 1.165) is 6.07 Å². The van der Waals surface area contributed by atoms with Crippen molar-refractivity contribution in [3.63, 3.8) is 0 Å². The van der Waals surface area contributed by atoms with Crippen LogP contribution in [0.3, 0.4) is 0 Å². The first-order valence-corrected chi connectivity index (χ1v) is 6.64. The van der Waals surface area contributed by atoms with E-state index in [1.807, 2.05) is 13.0 Å². The van der Waals surface area contributed by atoms with Crippen molar-refractivity contribution in [1.29, 1.82) is 5.26 Å². The Morgan fingerprint density at radius 2 is 2.05 bits per heavy atom. The quantitative estimate of drug-likeness (QED) is 0.636. The highest BCUT2D eigenvalue weighted by molar-refractivity contribution is 9.10. The van der Waals surface area contributed by atoms with Gasteiger partial charge in [0.15, 0.2) is 0 Å². The van der Waals surface area contributed by atoms with Gasteiger partial charge in [-0.25, -0.2) is 0 Å². The fourth-order valence-electron chi connectivity index (χ4n) is 1.57. The second-order valence-corrected chi connectivity index (χ2v) is 5.14. The molecule has 6 heteroatoms. The van der Waals surface area contributed by atoms with Crippen LogP contribution in [0.5, 0.6) is 0 Å². The fraction of sp³-hybridized carbons (Fsp3) is 0.308. The summed E-state index contributed by atoms with van der Waals surface area (Å²) in [5.74, 6) is 0. The molecule has 0 aliphatic carbocycles. The van der Waals surface area contributed by atoms with Gasteiger partial charge < -0.3 is 0 Å². The Morgan fingerprint density at radius 3 is 2.53 bits per heavy atom. The summed E-state index contributed by atoms with van der Waals surface area (Å²) in [7, 11) is 0. The fourth-order valence-corrected chi connectivity index (χ4v) is 2.23. The molecule has 0 aromatic heterocycles. The van der Waals surface area contributed by atoms with E-state index in [-0.39, 0.29) is 16.2 Å². The number of alkyl halides is 3. The zero-order valence-electron chi connectivity index (χ0n) is 9.98. The average Bonchev–Trinajstić information content (AvgIpc) is 2.34. The van der Waals surface area contributed by atoms with Crippen LogP contribution in [0, 0.1) is 11.3 Å². The molecule has 0 atom stereocenters. The van der Waals surface area contributed by atoms with E-state index in [1.54, 1.807) is 0 Å². The van der Waals surface area contributed by atoms with E-state index >= 15 is 0 Å². The molecule has 102 valence electrons. The van der Waals surface area contributed by atoms with Crippen LogP contribution in [0.4, 0.5) is 13.2 Å². The maximum Gasteiger partial charge on any atom is 0.417 e. The van der Waals surface area contributed by atoms with E-state index in [1.165, 1.54) is 12.1 Å². The van der Waals surface area contributed by atoms with Crippen LogP contribution in [0.1, 0.15) is 30.9 Å². The smallest absolute Gasteiger partial charge is 0.193 e. The molecule has 0 saturated carbocycles. The standard InChI is InChI=1S/C13H10BrClF3N/c1-2-3-8(7-19)12(15)10-5-4-9(14)6-11(10)13(16,17)18/h4-6H,2-3H2,1H3/b12-8-. The number of hydrogen-bond donors (Lipinski definition) is 0. The molecule has 0 aliphatic rings. The molecule has 1 nitrogen and oxygen atoms in total. The predicted octanol–water partition coefficient (Wildman–Crippen LogP) is 5.74. The minimum Gasteiger partial charge on any atom is -0.193 e. The zero-order valence-corrected chi connectivity index (χ0v) is 12.3. The summed E-state index contributed by atoms with van der Waals surface area (Å²) in [5.41, 5.74) is -0.852. The molecule has 19 heavy (non-hydrogen) atoms. The minimum absolute atomic E-state index is 0.135. The Labute approximate surface area is 122 Å². The van der Waals surface area contributed by atoms with Crippen LogP contribution in [0.25, 0.3) is 5.03 Å². The minimum atomic E-state index is -4.52. The van der Waals surface area contributed by atoms with E-state index in [2.05, 4.69) is 15.9 Å². The summed E-state index contributed by atoms with van der Waals surface area (Å²) in [6, 6.07) is 5.55. The molecule has 0 unspecified atom stereocenters. The van der Waals surface area contributed by atoms with E-state index in [9.17, 15) is 13.2 Å². The summed E-state index contributed by atoms with van der Waals surface area (Å²) >= 11 is 8.96. The van der Waals surface area contributed by atoms with E-state index in [0.29, 0.717) is 17.3 Å². The van der Waals surface area contributed by atoms with Gasteiger partial charge in [0, 0.05) is 15.6 Å². The van der Waals surface area contributed by atoms with Gasteiger partial charge in [-0.3, -0.25) is 0 Å². The topological polar surface area (TPSA) is 23.8 Å². The van der Waals surface area contributed by atoms with Crippen LogP contribution in [-0.2, 0) is 6.18 Å². The van der Waals surface area contributed by atoms with Crippen LogP contribution in [0.2, 0.25) is 0 Å². The molecule has 0 fully saturated rings. The maximum absolute atomic E-state index is 13.0. The summed E-state index contributed by atoms with van der Waals surface area (Å²) in [5, 5.41) is 8.82. The van der Waals surface area contributed by atoms with Crippen LogP contribution < -0.4 is 0 Å². The number of nitrogens with zero attached hydrogens (tertiary/aromatic N) is 1. The van der Waals surface area contributed by atoms with Gasteiger partial charge in [-0.05, 0) is 18.6 Å². The van der Waals surface area contributed by atoms with Crippen LogP contribution in [-0.4, -0.2) is 0 Å². The van der Waals surface area contributed by atoms with Gasteiger partial charge in [0.1, 0.15) is 0 Å². The van der Waals surface area contributed by atoms with Gasteiger partial charge in [-0.1, -0.05) is 46.9 Å². The Bertz CT molecular complexity index is 544. The lowest BCUT2D eigenvalue weighted by atomic mass is 10.0. The van der Waals surface area contributed by atoms with Crippen molar-refractivity contribution in [2.45, 2.75) is 25.9 Å². The summed E-state index contributed by atoms with van der Waals surface area (Å²) in [6.45, 7) is 1.83. The molecule has 0 N–H and O–H groups in total. The normalized spacial score (nSPS) is 12.9. The van der Waals surface area contributed by atoms with Gasteiger partial charge in [-0.2, -0.15) is 18.4 Å². The highest BCUT2D eigenvalue weighted by Gasteiger charge is 2.34. The lowest BCUT2D eigenvalue weighted by molar-refractivity contribution is -0.137. The predicted molar refractivity (Wildman–Crippen MR) is 72.4 cm³/mol. The SMILES string of the molecule is CCC/C(C#N)=C(/Cl)c1ccc(Br)cc1C(F)(F)F. The van der Waals surface area contributed by atoms with Gasteiger partial charge in [0.25, 0.3) is 0 Å². The Hall–Kier alpha value is -0.990. The zero-order chi connectivity index (χ0) is 14.6. The Balaban J connectivity index is 3.47. The first-order valence-electron chi connectivity index (χ1n) is 5.47. The van der Waals surface area contributed by atoms with Crippen LogP contribution >= 0.6 is 27.5 Å². The third-order valence-electron chi connectivity index (χ3n) is 2.42. The lowest BCUT2D eigenvalue weighted by Gasteiger charge is -2.13. The van der Waals surface area contributed by atoms with Crippen molar-refractivity contribution in [3.05, 3.63) is 39.4 Å². The van der Waals surface area contributed by atoms with Gasteiger partial charge in [0.05, 0.1) is 16.7 Å². The molecule has 1 aromatic carbocycles. The first-order chi connectivity index (χ1) is 8.81. The molecule has 0 radical (unpaired) electrons. The van der Waals surface area contributed by atoms with Gasteiger partial charge in [-0.15, -0.1) is 0 Å². The Kier molecular flexibility index (Phi) is 5.45. The second-order valence-electron chi connectivity index (χ2n) is 3.84. The maximum atomic E-state index is 13.0. The number of benzene rings is 1. The lowest BCUT2D eigenvalue weighted by Crippen LogP contribution is -2.08. The Morgan fingerprint density at radius 1 is 1.42 bits per heavy atom. The van der Waals surface area contributed by atoms with Crippen molar-refractivity contribution in [3.8, 4) is 6.07 Å². The van der Waals surface area contributed by atoms with Crippen molar-refractivity contribution < 1.29 is 13.2 Å². The molecule has 0 saturated heterocycles. The molecule has 1 aromatic rings. The highest BCUT2D eigenvalue weighted by atomic mass is 79.9. The molecule has 0 spiro atoms. The molecular weight excluding hydrogens is 343 g/mol. The summed E-state index contributed by atoms with van der Waals surface area (Å²) < 4.78 is 39.2. The number of rotatable bonds is 3. The highest BCUT2D eigenvalue weighted by Crippen LogP contribution is 2.39. The summed E-state index contributed by atoms with van der Waals surface area (Å²) in [6.07, 6.45) is -3.54. The number of nitriles is 1. The first kappa shape index (κ1) is 16.1. The number of hydrogen-bond acceptors (Lipinski definition) is 1. The molecule has 0 bridgehead atoms. The second kappa shape index (κ2) is 6.44. The summed E-state index contributed by atoms with van der Waals surface area (Å²) in [4.78, 5) is 0. The molecule has 1 rings (SSSR count). The molecule has 0 aliphatic heterocycles. The van der Waals surface area contributed by atoms with Crippen molar-refractivity contribution in [1.82, 2.24) is 0 Å². The van der Waals surface area contributed by atoms with Crippen LogP contribution in [0.15, 0.2) is 28.2 Å². The molecule has 0 heterocycles. The van der Waals surface area contributed by atoms with Gasteiger partial charge >= 0.3 is 6.18 Å². The van der Waals surface area contributed by atoms with E-state index in [4.69, 9.17) is 16.9 Å². The largest absolute Gasteiger partial charge is 0.417 e. The third kappa shape index (κ3) is 3.99. The van der Waals surface area contributed by atoms with Crippen molar-refractivity contribution in [2.75, 3.05) is 0 Å². The van der Waals surface area contributed by atoms with Crippen molar-refractivity contribution in [2.24, 2.45) is 0 Å². The van der Waals surface area contributed by atoms with Crippen molar-refractivity contribution >= 4 is 32.6 Å². The number of allylic oxidation sites excluding steroid dienone is 1. The van der Waals surface area contributed by atoms with E-state index < -0.39 is 11.7 Å². The monoisotopic (exact) mass is 351 g/mol. The average molecular weight is 353 g/mol. The molecular formula is C13H10BrClF3N. The van der Waals surface area contributed by atoms with Gasteiger partial charge in [0.2, 0.25) is 0 Å². The molecule has 0 amide bonds.